The van der Waals surface area contributed by atoms with Gasteiger partial charge in [0.05, 0.1) is 12.3 Å². The molecule has 3 nitrogen and oxygen atoms in total. The number of nitrogens with two attached hydrogens (primary N) is 1. The summed E-state index contributed by atoms with van der Waals surface area (Å²) in [4.78, 5) is 0. The first-order valence-corrected chi connectivity index (χ1v) is 6.14. The van der Waals surface area contributed by atoms with Gasteiger partial charge >= 0.3 is 0 Å². The Kier molecular flexibility index (Phi) is 4.07. The topological polar surface area (TPSA) is 47.3 Å². The van der Waals surface area contributed by atoms with Crippen molar-refractivity contribution >= 4 is 17.1 Å². The van der Waals surface area contributed by atoms with Crippen LogP contribution in [0.5, 0.6) is 5.75 Å². The van der Waals surface area contributed by atoms with Gasteiger partial charge in [-0.3, -0.25) is 0 Å². The van der Waals surface area contributed by atoms with Crippen LogP contribution >= 0.6 is 0 Å². The molecule has 0 spiro atoms. The number of ether oxygens (including phenoxy) is 1. The molecule has 0 aliphatic heterocycles. The second-order valence-electron chi connectivity index (χ2n) is 4.10. The zero-order chi connectivity index (χ0) is 12.8. The van der Waals surface area contributed by atoms with Crippen molar-refractivity contribution in [2.45, 2.75) is 13.3 Å². The van der Waals surface area contributed by atoms with E-state index in [9.17, 15) is 0 Å². The lowest BCUT2D eigenvalue weighted by Crippen LogP contribution is -2.00. The normalized spacial score (nSPS) is 10.1. The third kappa shape index (κ3) is 3.17. The first kappa shape index (κ1) is 12.3. The van der Waals surface area contributed by atoms with E-state index in [0.717, 1.165) is 23.5 Å². The summed E-state index contributed by atoms with van der Waals surface area (Å²) in [6.07, 6.45) is 0.972. The molecule has 2 aromatic rings. The highest BCUT2D eigenvalue weighted by atomic mass is 16.5. The molecule has 0 aliphatic carbocycles. The molecule has 0 aliphatic rings. The molecule has 2 rings (SSSR count). The molecule has 3 N–H and O–H groups in total. The molecule has 0 radical (unpaired) electrons. The third-order valence-corrected chi connectivity index (χ3v) is 2.52. The molecule has 0 bridgehead atoms. The Morgan fingerprint density at radius 2 is 1.89 bits per heavy atom. The van der Waals surface area contributed by atoms with Gasteiger partial charge in [0.1, 0.15) is 5.75 Å². The lowest BCUT2D eigenvalue weighted by atomic mass is 10.2. The maximum atomic E-state index is 5.78. The van der Waals surface area contributed by atoms with Gasteiger partial charge in [-0.05, 0) is 30.7 Å². The molecule has 0 saturated heterocycles. The second kappa shape index (κ2) is 5.96. The monoisotopic (exact) mass is 242 g/mol. The molecule has 0 aromatic heterocycles. The molecule has 18 heavy (non-hydrogen) atoms. The Balaban J connectivity index is 2.21. The molecular formula is C15H18N2O. The van der Waals surface area contributed by atoms with Crippen molar-refractivity contribution in [2.75, 3.05) is 17.7 Å². The van der Waals surface area contributed by atoms with E-state index in [-0.39, 0.29) is 0 Å². The summed E-state index contributed by atoms with van der Waals surface area (Å²) in [6, 6.07) is 15.7. The van der Waals surface area contributed by atoms with Crippen molar-refractivity contribution < 1.29 is 4.74 Å². The van der Waals surface area contributed by atoms with Gasteiger partial charge in [0.2, 0.25) is 0 Å². The Labute approximate surface area is 108 Å². The average molecular weight is 242 g/mol. The SMILES string of the molecule is CCCOc1cc(N)ccc1Nc1ccccc1. The van der Waals surface area contributed by atoms with Crippen molar-refractivity contribution in [3.63, 3.8) is 0 Å². The molecule has 0 saturated carbocycles. The van der Waals surface area contributed by atoms with Gasteiger partial charge in [-0.1, -0.05) is 25.1 Å². The average Bonchev–Trinajstić information content (AvgIpc) is 2.40. The first-order chi connectivity index (χ1) is 8.79. The van der Waals surface area contributed by atoms with Crippen molar-refractivity contribution in [1.82, 2.24) is 0 Å². The first-order valence-electron chi connectivity index (χ1n) is 6.14. The van der Waals surface area contributed by atoms with Gasteiger partial charge in [0.15, 0.2) is 0 Å². The predicted molar refractivity (Wildman–Crippen MR) is 76.4 cm³/mol. The van der Waals surface area contributed by atoms with Crippen LogP contribution in [0, 0.1) is 0 Å². The minimum Gasteiger partial charge on any atom is -0.491 e. The number of para-hydroxylation sites is 1. The lowest BCUT2D eigenvalue weighted by molar-refractivity contribution is 0.319. The van der Waals surface area contributed by atoms with Crippen LogP contribution in [-0.2, 0) is 0 Å². The quantitative estimate of drug-likeness (QED) is 0.784. The fourth-order valence-electron chi connectivity index (χ4n) is 1.65. The van der Waals surface area contributed by atoms with Crippen LogP contribution in [0.25, 0.3) is 0 Å². The van der Waals surface area contributed by atoms with Crippen LogP contribution in [-0.4, -0.2) is 6.61 Å². The van der Waals surface area contributed by atoms with Gasteiger partial charge in [-0.2, -0.15) is 0 Å². The number of nitrogens with one attached hydrogen (secondary N) is 1. The Morgan fingerprint density at radius 3 is 2.61 bits per heavy atom. The molecular weight excluding hydrogens is 224 g/mol. The number of nitrogen functional groups attached to an aromatic ring is 1. The van der Waals surface area contributed by atoms with E-state index >= 15 is 0 Å². The number of hydrogen-bond acceptors (Lipinski definition) is 3. The van der Waals surface area contributed by atoms with E-state index in [1.165, 1.54) is 0 Å². The summed E-state index contributed by atoms with van der Waals surface area (Å²) in [7, 11) is 0. The van der Waals surface area contributed by atoms with E-state index in [4.69, 9.17) is 10.5 Å². The second-order valence-corrected chi connectivity index (χ2v) is 4.10. The summed E-state index contributed by atoms with van der Waals surface area (Å²) < 4.78 is 5.70. The Hall–Kier alpha value is -2.16. The molecule has 3 heteroatoms. The summed E-state index contributed by atoms with van der Waals surface area (Å²) >= 11 is 0. The maximum Gasteiger partial charge on any atom is 0.144 e. The minimum absolute atomic E-state index is 0.687. The molecule has 2 aromatic carbocycles. The van der Waals surface area contributed by atoms with E-state index in [1.807, 2.05) is 48.5 Å². The fraction of sp³-hybridized carbons (Fsp3) is 0.200. The Morgan fingerprint density at radius 1 is 1.11 bits per heavy atom. The lowest BCUT2D eigenvalue weighted by Gasteiger charge is -2.13. The van der Waals surface area contributed by atoms with Gasteiger partial charge < -0.3 is 15.8 Å². The van der Waals surface area contributed by atoms with E-state index in [1.54, 1.807) is 0 Å². The van der Waals surface area contributed by atoms with Crippen molar-refractivity contribution in [3.05, 3.63) is 48.5 Å². The van der Waals surface area contributed by atoms with Gasteiger partial charge in [-0.15, -0.1) is 0 Å². The molecule has 0 heterocycles. The van der Waals surface area contributed by atoms with E-state index < -0.39 is 0 Å². The third-order valence-electron chi connectivity index (χ3n) is 2.52. The van der Waals surface area contributed by atoms with Crippen LogP contribution in [0.1, 0.15) is 13.3 Å². The minimum atomic E-state index is 0.687. The number of anilines is 3. The van der Waals surface area contributed by atoms with Crippen LogP contribution in [0.2, 0.25) is 0 Å². The molecule has 0 amide bonds. The largest absolute Gasteiger partial charge is 0.491 e. The number of benzene rings is 2. The highest BCUT2D eigenvalue weighted by Gasteiger charge is 2.04. The van der Waals surface area contributed by atoms with E-state index in [2.05, 4.69) is 12.2 Å². The molecule has 0 fully saturated rings. The molecule has 0 atom stereocenters. The smallest absolute Gasteiger partial charge is 0.144 e. The van der Waals surface area contributed by atoms with Crippen LogP contribution < -0.4 is 15.8 Å². The zero-order valence-corrected chi connectivity index (χ0v) is 10.5. The van der Waals surface area contributed by atoms with Crippen LogP contribution in [0.3, 0.4) is 0 Å². The summed E-state index contributed by atoms with van der Waals surface area (Å²) in [5.41, 5.74) is 8.46. The van der Waals surface area contributed by atoms with Crippen molar-refractivity contribution in [1.29, 1.82) is 0 Å². The molecule has 0 unspecified atom stereocenters. The fourth-order valence-corrected chi connectivity index (χ4v) is 1.65. The van der Waals surface area contributed by atoms with Crippen molar-refractivity contribution in [3.8, 4) is 5.75 Å². The maximum absolute atomic E-state index is 5.78. The van der Waals surface area contributed by atoms with E-state index in [0.29, 0.717) is 12.3 Å². The summed E-state index contributed by atoms with van der Waals surface area (Å²) in [5, 5.41) is 3.33. The van der Waals surface area contributed by atoms with Gasteiger partial charge in [0, 0.05) is 17.4 Å². The Bertz CT molecular complexity index is 497. The van der Waals surface area contributed by atoms with Gasteiger partial charge in [-0.25, -0.2) is 0 Å². The standard InChI is InChI=1S/C15H18N2O/c1-2-10-18-15-11-12(16)8-9-14(15)17-13-6-4-3-5-7-13/h3-9,11,17H,2,10,16H2,1H3. The van der Waals surface area contributed by atoms with Crippen molar-refractivity contribution in [2.24, 2.45) is 0 Å². The highest BCUT2D eigenvalue weighted by molar-refractivity contribution is 5.69. The van der Waals surface area contributed by atoms with Crippen LogP contribution in [0.15, 0.2) is 48.5 Å². The number of rotatable bonds is 5. The van der Waals surface area contributed by atoms with Crippen LogP contribution in [0.4, 0.5) is 17.1 Å². The summed E-state index contributed by atoms with van der Waals surface area (Å²) in [6.45, 7) is 2.77. The number of hydrogen-bond donors (Lipinski definition) is 2. The highest BCUT2D eigenvalue weighted by Crippen LogP contribution is 2.29. The van der Waals surface area contributed by atoms with Gasteiger partial charge in [0.25, 0.3) is 0 Å². The summed E-state index contributed by atoms with van der Waals surface area (Å²) in [5.74, 6) is 0.792. The predicted octanol–water partition coefficient (Wildman–Crippen LogP) is 3.80. The molecule has 94 valence electrons. The zero-order valence-electron chi connectivity index (χ0n) is 10.5.